The van der Waals surface area contributed by atoms with Gasteiger partial charge >= 0.3 is 0 Å². The van der Waals surface area contributed by atoms with Crippen molar-refractivity contribution in [2.75, 3.05) is 45.3 Å². The predicted molar refractivity (Wildman–Crippen MR) is 65.7 cm³/mol. The molecule has 5 nitrogen and oxygen atoms in total. The molecule has 0 radical (unpaired) electrons. The van der Waals surface area contributed by atoms with E-state index in [1.54, 1.807) is 0 Å². The standard InChI is InChI=1S/C11H21N5/c1-10-8-13-16(11(10)14(2)3)7-6-15-5-4-12-9-15/h8,12H,4-7,9H2,1-3H3. The van der Waals surface area contributed by atoms with Crippen molar-refractivity contribution >= 4 is 5.82 Å². The smallest absolute Gasteiger partial charge is 0.129 e. The molecule has 5 heteroatoms. The van der Waals surface area contributed by atoms with Gasteiger partial charge in [0.05, 0.1) is 12.7 Å². The lowest BCUT2D eigenvalue weighted by molar-refractivity contribution is 0.313. The van der Waals surface area contributed by atoms with E-state index in [1.807, 2.05) is 6.20 Å². The summed E-state index contributed by atoms with van der Waals surface area (Å²) in [5.41, 5.74) is 1.24. The van der Waals surface area contributed by atoms with Crippen molar-refractivity contribution in [2.24, 2.45) is 0 Å². The summed E-state index contributed by atoms with van der Waals surface area (Å²) in [5.74, 6) is 1.21. The molecule has 0 bridgehead atoms. The maximum absolute atomic E-state index is 4.43. The number of nitrogens with zero attached hydrogens (tertiary/aromatic N) is 4. The summed E-state index contributed by atoms with van der Waals surface area (Å²) in [6, 6.07) is 0. The van der Waals surface area contributed by atoms with Crippen LogP contribution in [0.4, 0.5) is 5.82 Å². The Bertz CT molecular complexity index is 338. The van der Waals surface area contributed by atoms with E-state index in [2.05, 4.69) is 45.9 Å². The Morgan fingerprint density at radius 2 is 2.25 bits per heavy atom. The second kappa shape index (κ2) is 4.84. The topological polar surface area (TPSA) is 36.3 Å². The Kier molecular flexibility index (Phi) is 3.46. The first kappa shape index (κ1) is 11.4. The van der Waals surface area contributed by atoms with Gasteiger partial charge in [-0.05, 0) is 6.92 Å². The summed E-state index contributed by atoms with van der Waals surface area (Å²) >= 11 is 0. The lowest BCUT2D eigenvalue weighted by Crippen LogP contribution is -2.27. The van der Waals surface area contributed by atoms with Gasteiger partial charge in [0.25, 0.3) is 0 Å². The van der Waals surface area contributed by atoms with Crippen LogP contribution in [0.5, 0.6) is 0 Å². The predicted octanol–water partition coefficient (Wildman–Crippen LogP) is 0.120. The first-order valence-electron chi connectivity index (χ1n) is 5.81. The van der Waals surface area contributed by atoms with Gasteiger partial charge in [0.15, 0.2) is 0 Å². The van der Waals surface area contributed by atoms with E-state index >= 15 is 0 Å². The summed E-state index contributed by atoms with van der Waals surface area (Å²) in [7, 11) is 4.13. The van der Waals surface area contributed by atoms with E-state index in [-0.39, 0.29) is 0 Å². The molecule has 0 saturated carbocycles. The van der Waals surface area contributed by atoms with Crippen molar-refractivity contribution in [3.63, 3.8) is 0 Å². The van der Waals surface area contributed by atoms with Gasteiger partial charge < -0.3 is 10.2 Å². The van der Waals surface area contributed by atoms with Crippen molar-refractivity contribution in [2.45, 2.75) is 13.5 Å². The number of aryl methyl sites for hydroxylation is 1. The molecule has 90 valence electrons. The van der Waals surface area contributed by atoms with E-state index in [9.17, 15) is 0 Å². The van der Waals surface area contributed by atoms with Crippen LogP contribution < -0.4 is 10.2 Å². The fraction of sp³-hybridized carbons (Fsp3) is 0.727. The minimum absolute atomic E-state index is 0.961. The normalized spacial score (nSPS) is 16.9. The van der Waals surface area contributed by atoms with Gasteiger partial charge in [-0.15, -0.1) is 0 Å². The minimum atomic E-state index is 0.961. The van der Waals surface area contributed by atoms with Crippen LogP contribution in [0.1, 0.15) is 5.56 Å². The molecule has 0 aliphatic carbocycles. The Labute approximate surface area is 97.0 Å². The zero-order valence-corrected chi connectivity index (χ0v) is 10.4. The average Bonchev–Trinajstić information content (AvgIpc) is 2.83. The molecule has 1 aromatic rings. The third-order valence-electron chi connectivity index (χ3n) is 2.98. The molecule has 0 amide bonds. The lowest BCUT2D eigenvalue weighted by Gasteiger charge is -2.18. The number of nitrogens with one attached hydrogen (secondary N) is 1. The van der Waals surface area contributed by atoms with Gasteiger partial charge in [0.2, 0.25) is 0 Å². The molecule has 0 spiro atoms. The largest absolute Gasteiger partial charge is 0.363 e. The minimum Gasteiger partial charge on any atom is -0.363 e. The Morgan fingerprint density at radius 1 is 1.44 bits per heavy atom. The highest BCUT2D eigenvalue weighted by molar-refractivity contribution is 5.44. The number of hydrogen-bond acceptors (Lipinski definition) is 4. The molecule has 0 unspecified atom stereocenters. The molecule has 1 fully saturated rings. The molecular formula is C11H21N5. The molecule has 2 heterocycles. The van der Waals surface area contributed by atoms with E-state index in [0.717, 1.165) is 32.8 Å². The first-order valence-corrected chi connectivity index (χ1v) is 5.81. The third kappa shape index (κ3) is 2.36. The molecule has 1 aliphatic heterocycles. The van der Waals surface area contributed by atoms with Gasteiger partial charge in [-0.2, -0.15) is 5.10 Å². The van der Waals surface area contributed by atoms with Gasteiger partial charge in [0.1, 0.15) is 5.82 Å². The van der Waals surface area contributed by atoms with E-state index < -0.39 is 0 Å². The maximum atomic E-state index is 4.43. The van der Waals surface area contributed by atoms with Crippen LogP contribution in [0.3, 0.4) is 0 Å². The van der Waals surface area contributed by atoms with Crippen LogP contribution in [0.2, 0.25) is 0 Å². The fourth-order valence-electron chi connectivity index (χ4n) is 2.20. The van der Waals surface area contributed by atoms with Gasteiger partial charge in [-0.25, -0.2) is 4.68 Å². The number of rotatable bonds is 4. The highest BCUT2D eigenvalue weighted by atomic mass is 15.4. The Hall–Kier alpha value is -1.07. The summed E-state index contributed by atoms with van der Waals surface area (Å²) in [4.78, 5) is 4.54. The lowest BCUT2D eigenvalue weighted by atomic mass is 10.3. The van der Waals surface area contributed by atoms with E-state index in [4.69, 9.17) is 0 Å². The molecular weight excluding hydrogens is 202 g/mol. The number of anilines is 1. The van der Waals surface area contributed by atoms with Crippen LogP contribution in [-0.4, -0.2) is 55.1 Å². The van der Waals surface area contributed by atoms with Gasteiger partial charge in [-0.1, -0.05) is 0 Å². The summed E-state index contributed by atoms with van der Waals surface area (Å²) in [6.07, 6.45) is 1.94. The second-order valence-electron chi connectivity index (χ2n) is 4.54. The van der Waals surface area contributed by atoms with Crippen LogP contribution in [0.15, 0.2) is 6.20 Å². The number of hydrogen-bond donors (Lipinski definition) is 1. The molecule has 1 aliphatic rings. The SMILES string of the molecule is Cc1cnn(CCN2CCNC2)c1N(C)C. The Balaban J connectivity index is 1.97. The van der Waals surface area contributed by atoms with E-state index in [1.165, 1.54) is 11.4 Å². The molecule has 0 atom stereocenters. The van der Waals surface area contributed by atoms with Gasteiger partial charge in [-0.3, -0.25) is 4.90 Å². The molecule has 1 N–H and O–H groups in total. The molecule has 16 heavy (non-hydrogen) atoms. The quantitative estimate of drug-likeness (QED) is 0.786. The van der Waals surface area contributed by atoms with E-state index in [0.29, 0.717) is 0 Å². The van der Waals surface area contributed by atoms with Crippen LogP contribution >= 0.6 is 0 Å². The van der Waals surface area contributed by atoms with Crippen LogP contribution in [0, 0.1) is 6.92 Å². The average molecular weight is 223 g/mol. The summed E-state index contributed by atoms with van der Waals surface area (Å²) in [5, 5.41) is 7.76. The zero-order chi connectivity index (χ0) is 11.5. The molecule has 0 aromatic carbocycles. The molecule has 2 rings (SSSR count). The summed E-state index contributed by atoms with van der Waals surface area (Å²) in [6.45, 7) is 7.40. The van der Waals surface area contributed by atoms with Crippen molar-refractivity contribution in [3.05, 3.63) is 11.8 Å². The zero-order valence-electron chi connectivity index (χ0n) is 10.4. The first-order chi connectivity index (χ1) is 7.68. The second-order valence-corrected chi connectivity index (χ2v) is 4.54. The van der Waals surface area contributed by atoms with Crippen molar-refractivity contribution in [1.29, 1.82) is 0 Å². The van der Waals surface area contributed by atoms with Crippen LogP contribution in [0.25, 0.3) is 0 Å². The Morgan fingerprint density at radius 3 is 2.88 bits per heavy atom. The highest BCUT2D eigenvalue weighted by Crippen LogP contribution is 2.16. The highest BCUT2D eigenvalue weighted by Gasteiger charge is 2.13. The number of aromatic nitrogens is 2. The molecule has 1 saturated heterocycles. The van der Waals surface area contributed by atoms with Crippen LogP contribution in [-0.2, 0) is 6.54 Å². The van der Waals surface area contributed by atoms with Crippen molar-refractivity contribution in [3.8, 4) is 0 Å². The van der Waals surface area contributed by atoms with Gasteiger partial charge in [0, 0.05) is 46.0 Å². The van der Waals surface area contributed by atoms with Crippen molar-refractivity contribution in [1.82, 2.24) is 20.0 Å². The summed E-state index contributed by atoms with van der Waals surface area (Å²) < 4.78 is 2.09. The fourth-order valence-corrected chi connectivity index (χ4v) is 2.20. The monoisotopic (exact) mass is 223 g/mol. The third-order valence-corrected chi connectivity index (χ3v) is 2.98. The molecule has 1 aromatic heterocycles. The maximum Gasteiger partial charge on any atom is 0.129 e. The van der Waals surface area contributed by atoms with Crippen molar-refractivity contribution < 1.29 is 0 Å².